The van der Waals surface area contributed by atoms with Crippen molar-refractivity contribution in [1.29, 1.82) is 0 Å². The van der Waals surface area contributed by atoms with Crippen LogP contribution in [0, 0.1) is 0 Å². The summed E-state index contributed by atoms with van der Waals surface area (Å²) in [4.78, 5) is 7.67. The molecule has 0 spiro atoms. The third kappa shape index (κ3) is 1.57. The summed E-state index contributed by atoms with van der Waals surface area (Å²) >= 11 is 1.48. The van der Waals surface area contributed by atoms with Gasteiger partial charge in [-0.1, -0.05) is 0 Å². The summed E-state index contributed by atoms with van der Waals surface area (Å²) in [7, 11) is 0. The van der Waals surface area contributed by atoms with E-state index in [1.54, 1.807) is 0 Å². The maximum absolute atomic E-state index is 4.50. The van der Waals surface area contributed by atoms with Crippen LogP contribution in [0.3, 0.4) is 0 Å². The predicted molar refractivity (Wildman–Crippen MR) is 62.5 cm³/mol. The van der Waals surface area contributed by atoms with Gasteiger partial charge in [-0.05, 0) is 23.7 Å². The Kier molecular flexibility index (Phi) is 2.26. The first-order valence-corrected chi connectivity index (χ1v) is 5.88. The van der Waals surface area contributed by atoms with Crippen molar-refractivity contribution < 1.29 is 0 Å². The second kappa shape index (κ2) is 3.75. The van der Waals surface area contributed by atoms with Crippen LogP contribution in [0.2, 0.25) is 0 Å². The quantitative estimate of drug-likeness (QED) is 0.781. The lowest BCUT2D eigenvalue weighted by Gasteiger charge is -2.27. The van der Waals surface area contributed by atoms with Crippen LogP contribution < -0.4 is 10.2 Å². The van der Waals surface area contributed by atoms with Gasteiger partial charge in [-0.15, -0.1) is 0 Å². The zero-order valence-electron chi connectivity index (χ0n) is 8.31. The fraction of sp³-hybridized carbons (Fsp3) is 0.400. The Labute approximate surface area is 92.1 Å². The molecular weight excluding hydrogens is 208 g/mol. The third-order valence-corrected chi connectivity index (χ3v) is 3.41. The van der Waals surface area contributed by atoms with E-state index in [9.17, 15) is 0 Å². The topological polar surface area (TPSA) is 41.1 Å². The van der Waals surface area contributed by atoms with Crippen molar-refractivity contribution in [2.45, 2.75) is 0 Å². The standard InChI is InChI=1S/C10H12N4S/c1-2-8-9(13-15-10(8)12-3-1)14-6-4-11-5-7-14/h1-3,11H,4-7H2. The Morgan fingerprint density at radius 1 is 1.33 bits per heavy atom. The molecule has 1 N–H and O–H groups in total. The van der Waals surface area contributed by atoms with E-state index in [0.717, 1.165) is 36.8 Å². The van der Waals surface area contributed by atoms with Crippen molar-refractivity contribution in [3.05, 3.63) is 18.3 Å². The number of fused-ring (bicyclic) bond motifs is 1. The van der Waals surface area contributed by atoms with Gasteiger partial charge in [-0.25, -0.2) is 4.98 Å². The van der Waals surface area contributed by atoms with Gasteiger partial charge in [0.15, 0.2) is 5.82 Å². The van der Waals surface area contributed by atoms with E-state index in [2.05, 4.69) is 25.6 Å². The van der Waals surface area contributed by atoms with Crippen LogP contribution in [0.15, 0.2) is 18.3 Å². The van der Waals surface area contributed by atoms with E-state index in [1.807, 2.05) is 12.3 Å². The minimum absolute atomic E-state index is 1.03. The number of rotatable bonds is 1. The summed E-state index contributed by atoms with van der Waals surface area (Å²) < 4.78 is 4.50. The fourth-order valence-corrected chi connectivity index (χ4v) is 2.63. The monoisotopic (exact) mass is 220 g/mol. The maximum atomic E-state index is 4.50. The highest BCUT2D eigenvalue weighted by Crippen LogP contribution is 2.27. The van der Waals surface area contributed by atoms with Crippen molar-refractivity contribution in [1.82, 2.24) is 14.7 Å². The number of piperazine rings is 1. The molecule has 1 fully saturated rings. The third-order valence-electron chi connectivity index (χ3n) is 2.65. The Morgan fingerprint density at radius 2 is 2.20 bits per heavy atom. The minimum Gasteiger partial charge on any atom is -0.353 e. The normalized spacial score (nSPS) is 17.2. The predicted octanol–water partition coefficient (Wildman–Crippen LogP) is 1.10. The van der Waals surface area contributed by atoms with Gasteiger partial charge < -0.3 is 10.2 Å². The van der Waals surface area contributed by atoms with Crippen molar-refractivity contribution in [2.75, 3.05) is 31.1 Å². The number of pyridine rings is 1. The van der Waals surface area contributed by atoms with Gasteiger partial charge in [0.05, 0.1) is 5.39 Å². The molecule has 0 radical (unpaired) electrons. The second-order valence-electron chi connectivity index (χ2n) is 3.60. The van der Waals surface area contributed by atoms with E-state index in [4.69, 9.17) is 0 Å². The largest absolute Gasteiger partial charge is 0.353 e. The molecule has 0 aliphatic carbocycles. The van der Waals surface area contributed by atoms with Crippen molar-refractivity contribution in [2.24, 2.45) is 0 Å². The van der Waals surface area contributed by atoms with E-state index in [1.165, 1.54) is 16.9 Å². The lowest BCUT2D eigenvalue weighted by Crippen LogP contribution is -2.43. The molecular formula is C10H12N4S. The molecule has 0 amide bonds. The minimum atomic E-state index is 1.03. The number of nitrogens with one attached hydrogen (secondary N) is 1. The smallest absolute Gasteiger partial charge is 0.151 e. The molecule has 0 unspecified atom stereocenters. The van der Waals surface area contributed by atoms with Crippen LogP contribution in [-0.2, 0) is 0 Å². The average molecular weight is 220 g/mol. The first-order valence-electron chi connectivity index (χ1n) is 5.11. The molecule has 1 aliphatic heterocycles. The summed E-state index contributed by atoms with van der Waals surface area (Å²) in [5.41, 5.74) is 0. The lowest BCUT2D eigenvalue weighted by molar-refractivity contribution is 0.587. The Balaban J connectivity index is 2.02. The molecule has 3 rings (SSSR count). The number of anilines is 1. The van der Waals surface area contributed by atoms with Gasteiger partial charge in [0.25, 0.3) is 0 Å². The highest BCUT2D eigenvalue weighted by Gasteiger charge is 2.16. The number of hydrogen-bond acceptors (Lipinski definition) is 5. The lowest BCUT2D eigenvalue weighted by atomic mass is 10.3. The molecule has 1 aliphatic rings. The molecule has 0 bridgehead atoms. The Hall–Kier alpha value is -1.20. The molecule has 4 nitrogen and oxygen atoms in total. The molecule has 3 heterocycles. The van der Waals surface area contributed by atoms with Crippen molar-refractivity contribution >= 4 is 27.6 Å². The molecule has 2 aromatic rings. The molecule has 2 aromatic heterocycles. The average Bonchev–Trinajstić information content (AvgIpc) is 2.74. The van der Waals surface area contributed by atoms with Gasteiger partial charge in [-0.2, -0.15) is 4.37 Å². The van der Waals surface area contributed by atoms with Gasteiger partial charge in [0, 0.05) is 32.4 Å². The van der Waals surface area contributed by atoms with E-state index in [-0.39, 0.29) is 0 Å². The molecule has 0 atom stereocenters. The number of nitrogens with zero attached hydrogens (tertiary/aromatic N) is 3. The van der Waals surface area contributed by atoms with Crippen molar-refractivity contribution in [3.8, 4) is 0 Å². The Bertz CT molecular complexity index is 461. The van der Waals surface area contributed by atoms with Crippen LogP contribution in [0.4, 0.5) is 5.82 Å². The van der Waals surface area contributed by atoms with E-state index < -0.39 is 0 Å². The highest BCUT2D eigenvalue weighted by molar-refractivity contribution is 7.13. The van der Waals surface area contributed by atoms with E-state index in [0.29, 0.717) is 0 Å². The van der Waals surface area contributed by atoms with Gasteiger partial charge in [0.2, 0.25) is 0 Å². The molecule has 78 valence electrons. The maximum Gasteiger partial charge on any atom is 0.151 e. The molecule has 1 saturated heterocycles. The molecule has 0 saturated carbocycles. The first kappa shape index (κ1) is 9.06. The van der Waals surface area contributed by atoms with Gasteiger partial charge in [-0.3, -0.25) is 0 Å². The zero-order chi connectivity index (χ0) is 10.1. The van der Waals surface area contributed by atoms with E-state index >= 15 is 0 Å². The fourth-order valence-electron chi connectivity index (χ4n) is 1.87. The summed E-state index contributed by atoms with van der Waals surface area (Å²) in [6.07, 6.45) is 1.82. The van der Waals surface area contributed by atoms with Crippen LogP contribution in [0.1, 0.15) is 0 Å². The highest BCUT2D eigenvalue weighted by atomic mass is 32.1. The van der Waals surface area contributed by atoms with Crippen LogP contribution in [0.25, 0.3) is 10.2 Å². The van der Waals surface area contributed by atoms with Crippen molar-refractivity contribution in [3.63, 3.8) is 0 Å². The van der Waals surface area contributed by atoms with Gasteiger partial charge >= 0.3 is 0 Å². The van der Waals surface area contributed by atoms with Gasteiger partial charge in [0.1, 0.15) is 4.83 Å². The Morgan fingerprint density at radius 3 is 3.07 bits per heavy atom. The van der Waals surface area contributed by atoms with Crippen LogP contribution >= 0.6 is 11.5 Å². The molecule has 0 aromatic carbocycles. The molecule has 5 heteroatoms. The number of hydrogen-bond donors (Lipinski definition) is 1. The first-order chi connectivity index (χ1) is 7.45. The second-order valence-corrected chi connectivity index (χ2v) is 4.35. The van der Waals surface area contributed by atoms with Crippen LogP contribution in [0.5, 0.6) is 0 Å². The molecule has 15 heavy (non-hydrogen) atoms. The zero-order valence-corrected chi connectivity index (χ0v) is 9.13. The SMILES string of the molecule is c1cnc2snc(N3CCNCC3)c2c1. The van der Waals surface area contributed by atoms with Crippen LogP contribution in [-0.4, -0.2) is 35.5 Å². The number of aromatic nitrogens is 2. The summed E-state index contributed by atoms with van der Waals surface area (Å²) in [5.74, 6) is 1.10. The summed E-state index contributed by atoms with van der Waals surface area (Å²) in [6.45, 7) is 4.15. The summed E-state index contributed by atoms with van der Waals surface area (Å²) in [6, 6.07) is 4.08. The summed E-state index contributed by atoms with van der Waals surface area (Å²) in [5, 5.41) is 4.53.